The molecule has 11 aromatic carbocycles. The average molecular weight is 995 g/mol. The molecular weight excluding hydrogens is 949 g/mol. The Morgan fingerprint density at radius 3 is 0.974 bits per heavy atom. The monoisotopic (exact) mass is 994 g/mol. The molecule has 0 unspecified atom stereocenters. The molecule has 0 aliphatic heterocycles. The fourth-order valence-electron chi connectivity index (χ4n) is 11.6. The second-order valence-corrected chi connectivity index (χ2v) is 19.9. The van der Waals surface area contributed by atoms with Crippen molar-refractivity contribution in [3.63, 3.8) is 0 Å². The second kappa shape index (κ2) is 19.1. The first-order valence-electron chi connectivity index (χ1n) is 25.9. The standard InChI is InChI=1S/C72H46N6/c1-45-31-64(66-40-68(58(44-76)34-56(66)42-74)78-71-37-53(49-19-11-5-12-20-49)25-29-61(71)62-30-26-54(38-72(62)78)50-21-13-6-14-22-50)46(2)32-63(45)65-39-67(57(43-75)33-55(65)41-73)77-69-35-51(47-15-7-3-8-16-47)23-27-59(69)60-28-24-52(36-70(60)77)48-17-9-4-10-18-48/h3-40,43,75H,1-2H3. The fourth-order valence-corrected chi connectivity index (χ4v) is 11.6. The van der Waals surface area contributed by atoms with Crippen LogP contribution in [0, 0.1) is 53.3 Å². The van der Waals surface area contributed by atoms with Crippen molar-refractivity contribution in [3.05, 3.63) is 264 Å². The highest BCUT2D eigenvalue weighted by molar-refractivity contribution is 6.13. The van der Waals surface area contributed by atoms with Crippen LogP contribution in [0.3, 0.4) is 0 Å². The quantitative estimate of drug-likeness (QED) is 0.146. The molecule has 0 amide bonds. The molecule has 6 nitrogen and oxygen atoms in total. The van der Waals surface area contributed by atoms with Gasteiger partial charge in [0.15, 0.2) is 0 Å². The van der Waals surface area contributed by atoms with Crippen LogP contribution < -0.4 is 0 Å². The van der Waals surface area contributed by atoms with E-state index in [-0.39, 0.29) is 0 Å². The maximum absolute atomic E-state index is 11.0. The van der Waals surface area contributed by atoms with Gasteiger partial charge < -0.3 is 14.5 Å². The van der Waals surface area contributed by atoms with Gasteiger partial charge in [-0.2, -0.15) is 15.8 Å². The van der Waals surface area contributed by atoms with Crippen molar-refractivity contribution in [2.24, 2.45) is 0 Å². The molecule has 0 saturated heterocycles. The predicted octanol–water partition coefficient (Wildman–Crippen LogP) is 18.1. The number of fused-ring (bicyclic) bond motifs is 6. The Kier molecular flexibility index (Phi) is 11.5. The molecule has 0 bridgehead atoms. The zero-order valence-electron chi connectivity index (χ0n) is 42.8. The van der Waals surface area contributed by atoms with E-state index in [9.17, 15) is 15.8 Å². The lowest BCUT2D eigenvalue weighted by Crippen LogP contribution is -2.03. The molecule has 13 aromatic rings. The largest absolute Gasteiger partial charge is 0.309 e. The molecule has 6 heteroatoms. The lowest BCUT2D eigenvalue weighted by molar-refractivity contribution is 1.16. The van der Waals surface area contributed by atoms with Crippen LogP contribution in [0.1, 0.15) is 33.4 Å². The van der Waals surface area contributed by atoms with Crippen LogP contribution in [0.4, 0.5) is 0 Å². The summed E-state index contributed by atoms with van der Waals surface area (Å²) in [6, 6.07) is 86.8. The summed E-state index contributed by atoms with van der Waals surface area (Å²) in [5, 5.41) is 45.9. The number of rotatable bonds is 9. The van der Waals surface area contributed by atoms with Crippen LogP contribution in [-0.4, -0.2) is 15.3 Å². The van der Waals surface area contributed by atoms with Gasteiger partial charge in [-0.15, -0.1) is 0 Å². The second-order valence-electron chi connectivity index (χ2n) is 19.9. The topological polar surface area (TPSA) is 105 Å². The molecule has 0 fully saturated rings. The molecule has 0 radical (unpaired) electrons. The lowest BCUT2D eigenvalue weighted by atomic mass is 9.87. The summed E-state index contributed by atoms with van der Waals surface area (Å²) in [5.74, 6) is 0. The smallest absolute Gasteiger partial charge is 0.101 e. The molecule has 0 saturated carbocycles. The number of benzene rings is 11. The lowest BCUT2D eigenvalue weighted by Gasteiger charge is -2.19. The molecule has 0 aliphatic carbocycles. The molecule has 2 heterocycles. The molecular formula is C72H46N6. The molecule has 0 spiro atoms. The van der Waals surface area contributed by atoms with E-state index >= 15 is 0 Å². The van der Waals surface area contributed by atoms with Gasteiger partial charge in [0.05, 0.1) is 62.3 Å². The Labute approximate surface area is 452 Å². The van der Waals surface area contributed by atoms with E-state index in [0.29, 0.717) is 33.5 Å². The third-order valence-electron chi connectivity index (χ3n) is 15.4. The average Bonchev–Trinajstić information content (AvgIpc) is 4.10. The summed E-state index contributed by atoms with van der Waals surface area (Å²) in [6.45, 7) is 4.08. The summed E-state index contributed by atoms with van der Waals surface area (Å²) in [7, 11) is 0. The van der Waals surface area contributed by atoms with Crippen molar-refractivity contribution in [1.29, 1.82) is 21.2 Å². The first-order valence-corrected chi connectivity index (χ1v) is 25.9. The first kappa shape index (κ1) is 46.9. The summed E-state index contributed by atoms with van der Waals surface area (Å²) in [6.07, 6.45) is 1.34. The van der Waals surface area contributed by atoms with Gasteiger partial charge in [-0.1, -0.05) is 182 Å². The molecule has 364 valence electrons. The normalized spacial score (nSPS) is 11.2. The Balaban J connectivity index is 1.01. The van der Waals surface area contributed by atoms with Crippen LogP contribution in [0.5, 0.6) is 0 Å². The van der Waals surface area contributed by atoms with Crippen molar-refractivity contribution in [2.45, 2.75) is 13.8 Å². The number of nitrogens with zero attached hydrogens (tertiary/aromatic N) is 5. The van der Waals surface area contributed by atoms with Crippen LogP contribution >= 0.6 is 0 Å². The van der Waals surface area contributed by atoms with E-state index < -0.39 is 0 Å². The number of aromatic nitrogens is 2. The van der Waals surface area contributed by atoms with Crippen molar-refractivity contribution in [1.82, 2.24) is 9.13 Å². The number of nitriles is 3. The van der Waals surface area contributed by atoms with E-state index in [4.69, 9.17) is 5.41 Å². The molecule has 0 atom stereocenters. The highest BCUT2D eigenvalue weighted by atomic mass is 15.0. The van der Waals surface area contributed by atoms with Crippen molar-refractivity contribution in [2.75, 3.05) is 0 Å². The van der Waals surface area contributed by atoms with Crippen LogP contribution in [-0.2, 0) is 0 Å². The van der Waals surface area contributed by atoms with E-state index in [2.05, 4.69) is 167 Å². The molecule has 13 rings (SSSR count). The maximum Gasteiger partial charge on any atom is 0.101 e. The number of nitrogens with one attached hydrogen (secondary N) is 1. The Hall–Kier alpha value is -10.8. The van der Waals surface area contributed by atoms with Gasteiger partial charge in [0.2, 0.25) is 0 Å². The zero-order valence-corrected chi connectivity index (χ0v) is 42.8. The van der Waals surface area contributed by atoms with Gasteiger partial charge in [-0.25, -0.2) is 0 Å². The van der Waals surface area contributed by atoms with Crippen molar-refractivity contribution < 1.29 is 0 Å². The van der Waals surface area contributed by atoms with Gasteiger partial charge in [-0.3, -0.25) is 0 Å². The zero-order chi connectivity index (χ0) is 53.0. The summed E-state index contributed by atoms with van der Waals surface area (Å²) >= 11 is 0. The minimum absolute atomic E-state index is 0.379. The van der Waals surface area contributed by atoms with Gasteiger partial charge in [0, 0.05) is 44.4 Å². The maximum atomic E-state index is 11.0. The van der Waals surface area contributed by atoms with E-state index in [1.54, 1.807) is 6.07 Å². The minimum Gasteiger partial charge on any atom is -0.309 e. The summed E-state index contributed by atoms with van der Waals surface area (Å²) in [4.78, 5) is 0. The summed E-state index contributed by atoms with van der Waals surface area (Å²) < 4.78 is 4.44. The van der Waals surface area contributed by atoms with Gasteiger partial charge >= 0.3 is 0 Å². The minimum atomic E-state index is 0.379. The summed E-state index contributed by atoms with van der Waals surface area (Å²) in [5.41, 5.74) is 20.6. The Morgan fingerprint density at radius 1 is 0.321 bits per heavy atom. The van der Waals surface area contributed by atoms with Crippen LogP contribution in [0.25, 0.3) is 122 Å². The van der Waals surface area contributed by atoms with E-state index in [1.807, 2.05) is 98.8 Å². The first-order chi connectivity index (χ1) is 38.3. The SMILES string of the molecule is Cc1cc(-c2cc(-n3c4cc(-c5ccccc5)ccc4c4ccc(-c5ccccc5)cc43)c(C=N)cc2C#N)c(C)cc1-c1cc(-n2c3cc(-c4ccccc4)ccc3c3ccc(-c4ccccc4)cc32)c(C#N)cc1C#N. The van der Waals surface area contributed by atoms with Crippen LogP contribution in [0.2, 0.25) is 0 Å². The molecule has 0 aliphatic rings. The highest BCUT2D eigenvalue weighted by Gasteiger charge is 2.24. The third kappa shape index (κ3) is 7.82. The van der Waals surface area contributed by atoms with Crippen molar-refractivity contribution in [3.8, 4) is 96.3 Å². The molecule has 2 aromatic heterocycles. The van der Waals surface area contributed by atoms with Gasteiger partial charge in [-0.05, 0) is 129 Å². The Bertz CT molecular complexity index is 4520. The number of aryl methyl sites for hydroxylation is 2. The predicted molar refractivity (Wildman–Crippen MR) is 319 cm³/mol. The van der Waals surface area contributed by atoms with Crippen LogP contribution in [0.15, 0.2) is 231 Å². The highest BCUT2D eigenvalue weighted by Crippen LogP contribution is 2.44. The van der Waals surface area contributed by atoms with E-state index in [0.717, 1.165) is 122 Å². The fraction of sp³-hybridized carbons (Fsp3) is 0.0278. The van der Waals surface area contributed by atoms with Crippen molar-refractivity contribution >= 4 is 49.8 Å². The molecule has 1 N–H and O–H groups in total. The van der Waals surface area contributed by atoms with Gasteiger partial charge in [0.1, 0.15) is 6.07 Å². The Morgan fingerprint density at radius 2 is 0.641 bits per heavy atom. The number of hydrogen-bond donors (Lipinski definition) is 1. The molecule has 78 heavy (non-hydrogen) atoms. The van der Waals surface area contributed by atoms with Gasteiger partial charge in [0.25, 0.3) is 0 Å². The number of hydrogen-bond acceptors (Lipinski definition) is 4. The van der Waals surface area contributed by atoms with E-state index in [1.165, 1.54) is 6.21 Å². The third-order valence-corrected chi connectivity index (χ3v) is 15.4.